The first kappa shape index (κ1) is 23.8. The smallest absolute Gasteiger partial charge is 0.299 e. The van der Waals surface area contributed by atoms with E-state index in [4.69, 9.17) is 5.26 Å². The Labute approximate surface area is 154 Å². The quantitative estimate of drug-likeness (QED) is 0.595. The molecule has 0 atom stereocenters. The molecular weight excluding hydrogens is 349 g/mol. The summed E-state index contributed by atoms with van der Waals surface area (Å²) in [6, 6.07) is 7.96. The second kappa shape index (κ2) is 11.4. The van der Waals surface area contributed by atoms with E-state index in [0.717, 1.165) is 32.0 Å². The van der Waals surface area contributed by atoms with Crippen molar-refractivity contribution >= 4 is 11.6 Å². The van der Waals surface area contributed by atoms with Crippen LogP contribution in [0.5, 0.6) is 0 Å². The highest BCUT2D eigenvalue weighted by Gasteiger charge is 2.34. The van der Waals surface area contributed by atoms with E-state index in [-0.39, 0.29) is 5.41 Å². The summed E-state index contributed by atoms with van der Waals surface area (Å²) in [7, 11) is 0. The number of alkyl halides is 4. The first-order chi connectivity index (χ1) is 11.8. The van der Waals surface area contributed by atoms with Crippen LogP contribution in [0.2, 0.25) is 0 Å². The van der Waals surface area contributed by atoms with Crippen LogP contribution in [0, 0.1) is 16.7 Å². The van der Waals surface area contributed by atoms with Gasteiger partial charge in [-0.3, -0.25) is 4.90 Å². The largest absolute Gasteiger partial charge is 0.416 e. The number of nitrogens with zero attached hydrogens (tertiary/aromatic N) is 2. The van der Waals surface area contributed by atoms with E-state index in [9.17, 15) is 13.2 Å². The molecule has 0 radical (unpaired) electrons. The third kappa shape index (κ3) is 7.66. The Bertz CT molecular complexity index is 530. The zero-order valence-electron chi connectivity index (χ0n) is 15.5. The van der Waals surface area contributed by atoms with Crippen LogP contribution in [-0.4, -0.2) is 24.4 Å². The summed E-state index contributed by atoms with van der Waals surface area (Å²) in [6.07, 6.45) is -0.606. The summed E-state index contributed by atoms with van der Waals surface area (Å²) < 4.78 is 38.9. The van der Waals surface area contributed by atoms with Crippen LogP contribution in [0.4, 0.5) is 13.2 Å². The van der Waals surface area contributed by atoms with Crippen molar-refractivity contribution in [1.82, 2.24) is 4.90 Å². The van der Waals surface area contributed by atoms with Crippen LogP contribution < -0.4 is 0 Å². The van der Waals surface area contributed by atoms with Crippen LogP contribution in [-0.2, 0) is 12.7 Å². The van der Waals surface area contributed by atoms with E-state index in [0.29, 0.717) is 18.5 Å². The monoisotopic (exact) mass is 376 g/mol. The van der Waals surface area contributed by atoms with E-state index < -0.39 is 11.7 Å². The van der Waals surface area contributed by atoms with E-state index in [1.54, 1.807) is 12.1 Å². The van der Waals surface area contributed by atoms with Crippen LogP contribution in [0.1, 0.15) is 51.2 Å². The fraction of sp³-hybridized carbons (Fsp3) is 0.632. The van der Waals surface area contributed by atoms with E-state index >= 15 is 0 Å². The summed E-state index contributed by atoms with van der Waals surface area (Å²) >= 11 is 4.64. The predicted octanol–water partition coefficient (Wildman–Crippen LogP) is 6.10. The lowest BCUT2D eigenvalue weighted by atomic mass is 9.78. The third-order valence-corrected chi connectivity index (χ3v) is 4.29. The van der Waals surface area contributed by atoms with Crippen molar-refractivity contribution in [2.24, 2.45) is 5.41 Å². The van der Waals surface area contributed by atoms with Gasteiger partial charge in [-0.1, -0.05) is 39.0 Å². The molecular formula is C19H28ClF3N2. The normalized spacial score (nSPS) is 16.6. The van der Waals surface area contributed by atoms with E-state index in [1.165, 1.54) is 12.4 Å². The zero-order chi connectivity index (χ0) is 19.5. The van der Waals surface area contributed by atoms with Crippen molar-refractivity contribution in [1.29, 1.82) is 5.26 Å². The average Bonchev–Trinajstić information content (AvgIpc) is 2.60. The summed E-state index contributed by atoms with van der Waals surface area (Å²) in [5, 5.41) is 8.82. The van der Waals surface area contributed by atoms with Gasteiger partial charge in [0.25, 0.3) is 0 Å². The van der Waals surface area contributed by atoms with Gasteiger partial charge in [0, 0.05) is 19.3 Å². The molecule has 2 nitrogen and oxygen atoms in total. The van der Waals surface area contributed by atoms with Crippen LogP contribution in [0.3, 0.4) is 0 Å². The highest BCUT2D eigenvalue weighted by Crippen LogP contribution is 2.36. The van der Waals surface area contributed by atoms with Gasteiger partial charge in [0.15, 0.2) is 0 Å². The molecule has 0 amide bonds. The van der Waals surface area contributed by atoms with Crippen LogP contribution in [0.15, 0.2) is 24.3 Å². The highest BCUT2D eigenvalue weighted by molar-refractivity contribution is 6.15. The lowest BCUT2D eigenvalue weighted by Crippen LogP contribution is -2.38. The van der Waals surface area contributed by atoms with Gasteiger partial charge >= 0.3 is 6.18 Å². The second-order valence-electron chi connectivity index (χ2n) is 6.08. The van der Waals surface area contributed by atoms with E-state index in [1.807, 2.05) is 18.7 Å². The number of rotatable bonds is 3. The number of halogens is 4. The number of hydrogen-bond donors (Lipinski definition) is 0. The molecule has 0 N–H and O–H groups in total. The van der Waals surface area contributed by atoms with Crippen LogP contribution >= 0.6 is 11.6 Å². The van der Waals surface area contributed by atoms with Crippen molar-refractivity contribution in [3.05, 3.63) is 35.4 Å². The molecule has 1 heterocycles. The van der Waals surface area contributed by atoms with Crippen molar-refractivity contribution < 1.29 is 13.2 Å². The number of hydrogen-bond acceptors (Lipinski definition) is 2. The summed E-state index contributed by atoms with van der Waals surface area (Å²) in [4.78, 5) is 2.05. The number of nitriles is 1. The van der Waals surface area contributed by atoms with Crippen molar-refractivity contribution in [3.8, 4) is 6.07 Å². The summed E-state index contributed by atoms with van der Waals surface area (Å²) in [6.45, 7) is 7.88. The van der Waals surface area contributed by atoms with Gasteiger partial charge in [-0.15, -0.1) is 11.6 Å². The van der Waals surface area contributed by atoms with Gasteiger partial charge in [0.1, 0.15) is 0 Å². The molecule has 1 aliphatic rings. The van der Waals surface area contributed by atoms with Gasteiger partial charge in [-0.25, -0.2) is 0 Å². The second-order valence-corrected chi connectivity index (χ2v) is 6.08. The molecule has 1 saturated heterocycles. The molecule has 0 aliphatic carbocycles. The molecule has 0 saturated carbocycles. The third-order valence-electron chi connectivity index (χ3n) is 4.29. The van der Waals surface area contributed by atoms with Crippen molar-refractivity contribution in [2.75, 3.05) is 19.5 Å². The first-order valence-corrected chi connectivity index (χ1v) is 9.22. The SMILES string of the molecule is CC.CC1(CC#N)CCN(Cc2ccccc2C(F)(F)F)CC1.CCl. The van der Waals surface area contributed by atoms with Gasteiger partial charge in [-0.05, 0) is 43.0 Å². The molecule has 0 bridgehead atoms. The Balaban J connectivity index is 0.00000134. The Morgan fingerprint density at radius 3 is 2.16 bits per heavy atom. The molecule has 142 valence electrons. The summed E-state index contributed by atoms with van der Waals surface area (Å²) in [5.74, 6) is 0. The Morgan fingerprint density at radius 2 is 1.68 bits per heavy atom. The van der Waals surface area contributed by atoms with Gasteiger partial charge in [0.05, 0.1) is 11.6 Å². The first-order valence-electron chi connectivity index (χ1n) is 8.46. The molecule has 6 heteroatoms. The molecule has 1 aromatic carbocycles. The molecule has 1 fully saturated rings. The number of likely N-dealkylation sites (tertiary alicyclic amines) is 1. The average molecular weight is 377 g/mol. The Kier molecular flexibility index (Phi) is 10.8. The van der Waals surface area contributed by atoms with Gasteiger partial charge < -0.3 is 0 Å². The molecule has 25 heavy (non-hydrogen) atoms. The van der Waals surface area contributed by atoms with Crippen molar-refractivity contribution in [2.45, 2.75) is 52.8 Å². The van der Waals surface area contributed by atoms with Crippen molar-refractivity contribution in [3.63, 3.8) is 0 Å². The highest BCUT2D eigenvalue weighted by atomic mass is 35.5. The molecule has 0 spiro atoms. The fourth-order valence-electron chi connectivity index (χ4n) is 2.79. The minimum atomic E-state index is -4.30. The number of piperidine rings is 1. The maximum absolute atomic E-state index is 13.0. The molecule has 1 aliphatic heterocycles. The Hall–Kier alpha value is -1.25. The number of benzene rings is 1. The molecule has 0 unspecified atom stereocenters. The molecule has 2 rings (SSSR count). The summed E-state index contributed by atoms with van der Waals surface area (Å²) in [5.41, 5.74) is -0.210. The molecule has 0 aromatic heterocycles. The van der Waals surface area contributed by atoms with Gasteiger partial charge in [-0.2, -0.15) is 18.4 Å². The maximum Gasteiger partial charge on any atom is 0.416 e. The topological polar surface area (TPSA) is 27.0 Å². The minimum absolute atomic E-state index is 0.00873. The van der Waals surface area contributed by atoms with Crippen LogP contribution in [0.25, 0.3) is 0 Å². The minimum Gasteiger partial charge on any atom is -0.299 e. The molecule has 1 aromatic rings. The van der Waals surface area contributed by atoms with Gasteiger partial charge in [0.2, 0.25) is 0 Å². The maximum atomic E-state index is 13.0. The zero-order valence-corrected chi connectivity index (χ0v) is 16.2. The fourth-order valence-corrected chi connectivity index (χ4v) is 2.79. The predicted molar refractivity (Wildman–Crippen MR) is 97.4 cm³/mol. The Morgan fingerprint density at radius 1 is 1.16 bits per heavy atom. The lowest BCUT2D eigenvalue weighted by Gasteiger charge is -2.38. The standard InChI is InChI=1S/C16H19F3N2.C2H6.CH3Cl/c1-15(6-9-20)7-10-21(11-8-15)12-13-4-2-3-5-14(13)16(17,18)19;2*1-2/h2-5H,6-8,10-12H2,1H3;1-2H3;1H3. The lowest BCUT2D eigenvalue weighted by molar-refractivity contribution is -0.138. The van der Waals surface area contributed by atoms with E-state index in [2.05, 4.69) is 24.6 Å².